The predicted molar refractivity (Wildman–Crippen MR) is 70.8 cm³/mol. The third kappa shape index (κ3) is 2.73. The van der Waals surface area contributed by atoms with Crippen molar-refractivity contribution in [2.75, 3.05) is 5.73 Å². The Morgan fingerprint density at radius 1 is 1.00 bits per heavy atom. The fourth-order valence-electron chi connectivity index (χ4n) is 1.56. The Morgan fingerprint density at radius 3 is 2.24 bits per heavy atom. The summed E-state index contributed by atoms with van der Waals surface area (Å²) in [5, 5.41) is 9.15. The van der Waals surface area contributed by atoms with E-state index in [1.54, 1.807) is 0 Å². The molecule has 2 nitrogen and oxygen atoms in total. The third-order valence-corrected chi connectivity index (χ3v) is 2.45. The number of rotatable bonds is 2. The number of anilines is 1. The molecule has 2 aromatic rings. The maximum Gasteiger partial charge on any atom is 0.0998 e. The van der Waals surface area contributed by atoms with Crippen molar-refractivity contribution in [3.63, 3.8) is 0 Å². The van der Waals surface area contributed by atoms with Gasteiger partial charge in [0.15, 0.2) is 0 Å². The van der Waals surface area contributed by atoms with Crippen LogP contribution in [0.4, 0.5) is 5.69 Å². The lowest BCUT2D eigenvalue weighted by Gasteiger charge is -1.99. The molecule has 0 aromatic heterocycles. The molecule has 17 heavy (non-hydrogen) atoms. The molecule has 0 bridgehead atoms. The Morgan fingerprint density at radius 2 is 1.65 bits per heavy atom. The standard InChI is InChI=1S/C15H12N2/c16-11-14(13-4-2-1-3-5-13)10-12-6-8-15(17)9-7-12/h1-10H,17H2. The first-order valence-corrected chi connectivity index (χ1v) is 5.32. The predicted octanol–water partition coefficient (Wildman–Crippen LogP) is 3.33. The van der Waals surface area contributed by atoms with E-state index in [-0.39, 0.29) is 0 Å². The number of nitrogens with two attached hydrogens (primary N) is 1. The smallest absolute Gasteiger partial charge is 0.0998 e. The molecule has 2 N–H and O–H groups in total. The first kappa shape index (κ1) is 11.0. The molecular formula is C15H12N2. The van der Waals surface area contributed by atoms with Gasteiger partial charge in [0, 0.05) is 5.69 Å². The minimum atomic E-state index is 0.648. The van der Waals surface area contributed by atoms with Gasteiger partial charge >= 0.3 is 0 Å². The third-order valence-electron chi connectivity index (χ3n) is 2.45. The van der Waals surface area contributed by atoms with E-state index in [0.29, 0.717) is 5.57 Å². The number of hydrogen-bond acceptors (Lipinski definition) is 2. The number of hydrogen-bond donors (Lipinski definition) is 1. The van der Waals surface area contributed by atoms with E-state index < -0.39 is 0 Å². The number of nitrogen functional groups attached to an aromatic ring is 1. The quantitative estimate of drug-likeness (QED) is 0.479. The summed E-state index contributed by atoms with van der Waals surface area (Å²) in [6, 6.07) is 19.3. The van der Waals surface area contributed by atoms with Crippen molar-refractivity contribution in [3.8, 4) is 6.07 Å². The molecule has 0 aliphatic carbocycles. The fraction of sp³-hybridized carbons (Fsp3) is 0. The normalized spacial score (nSPS) is 10.9. The highest BCUT2D eigenvalue weighted by Crippen LogP contribution is 2.17. The van der Waals surface area contributed by atoms with E-state index in [2.05, 4.69) is 6.07 Å². The molecule has 0 heterocycles. The zero-order chi connectivity index (χ0) is 12.1. The SMILES string of the molecule is N#CC(=Cc1ccc(N)cc1)c1ccccc1. The Labute approximate surface area is 101 Å². The van der Waals surface area contributed by atoms with Crippen LogP contribution in [0.15, 0.2) is 54.6 Å². The van der Waals surface area contributed by atoms with Gasteiger partial charge < -0.3 is 5.73 Å². The fourth-order valence-corrected chi connectivity index (χ4v) is 1.56. The van der Waals surface area contributed by atoms with Crippen LogP contribution in [0.3, 0.4) is 0 Å². The van der Waals surface area contributed by atoms with Crippen LogP contribution in [-0.2, 0) is 0 Å². The summed E-state index contributed by atoms with van der Waals surface area (Å²) in [5.74, 6) is 0. The Kier molecular flexibility index (Phi) is 3.23. The second kappa shape index (κ2) is 5.00. The molecule has 0 unspecified atom stereocenters. The van der Waals surface area contributed by atoms with E-state index in [4.69, 9.17) is 11.0 Å². The van der Waals surface area contributed by atoms with Crippen molar-refractivity contribution in [1.29, 1.82) is 5.26 Å². The van der Waals surface area contributed by atoms with Crippen LogP contribution in [0.1, 0.15) is 11.1 Å². The van der Waals surface area contributed by atoms with Crippen LogP contribution in [0.2, 0.25) is 0 Å². The van der Waals surface area contributed by atoms with E-state index in [1.807, 2.05) is 60.7 Å². The Hall–Kier alpha value is -2.53. The minimum absolute atomic E-state index is 0.648. The second-order valence-corrected chi connectivity index (χ2v) is 3.70. The van der Waals surface area contributed by atoms with Crippen LogP contribution in [0, 0.1) is 11.3 Å². The van der Waals surface area contributed by atoms with Gasteiger partial charge in [0.1, 0.15) is 0 Å². The van der Waals surface area contributed by atoms with Crippen LogP contribution >= 0.6 is 0 Å². The molecule has 0 aliphatic heterocycles. The lowest BCUT2D eigenvalue weighted by atomic mass is 10.0. The topological polar surface area (TPSA) is 49.8 Å². The van der Waals surface area contributed by atoms with Gasteiger partial charge in [0.2, 0.25) is 0 Å². The van der Waals surface area contributed by atoms with Gasteiger partial charge in [-0.3, -0.25) is 0 Å². The molecular weight excluding hydrogens is 208 g/mol. The molecule has 0 radical (unpaired) electrons. The van der Waals surface area contributed by atoms with Crippen molar-refractivity contribution in [2.24, 2.45) is 0 Å². The summed E-state index contributed by atoms with van der Waals surface area (Å²) in [4.78, 5) is 0. The highest BCUT2D eigenvalue weighted by molar-refractivity contribution is 5.89. The average molecular weight is 220 g/mol. The van der Waals surface area contributed by atoms with Gasteiger partial charge in [-0.15, -0.1) is 0 Å². The maximum absolute atomic E-state index is 9.15. The summed E-state index contributed by atoms with van der Waals surface area (Å²) in [5.41, 5.74) is 8.88. The van der Waals surface area contributed by atoms with Gasteiger partial charge in [-0.25, -0.2) is 0 Å². The first-order chi connectivity index (χ1) is 8.29. The van der Waals surface area contributed by atoms with Crippen LogP contribution in [0.25, 0.3) is 11.6 Å². The van der Waals surface area contributed by atoms with E-state index in [1.165, 1.54) is 0 Å². The monoisotopic (exact) mass is 220 g/mol. The van der Waals surface area contributed by atoms with Gasteiger partial charge in [-0.05, 0) is 29.3 Å². The first-order valence-electron chi connectivity index (χ1n) is 5.32. The molecule has 0 fully saturated rings. The van der Waals surface area contributed by atoms with Crippen LogP contribution in [-0.4, -0.2) is 0 Å². The number of nitrogens with zero attached hydrogens (tertiary/aromatic N) is 1. The summed E-state index contributed by atoms with van der Waals surface area (Å²) < 4.78 is 0. The van der Waals surface area contributed by atoms with Crippen molar-refractivity contribution < 1.29 is 0 Å². The molecule has 2 heteroatoms. The van der Waals surface area contributed by atoms with Gasteiger partial charge in [-0.2, -0.15) is 5.26 Å². The highest BCUT2D eigenvalue weighted by Gasteiger charge is 1.99. The number of nitriles is 1. The maximum atomic E-state index is 9.15. The van der Waals surface area contributed by atoms with Crippen LogP contribution in [0.5, 0.6) is 0 Å². The molecule has 0 spiro atoms. The molecule has 0 saturated heterocycles. The van der Waals surface area contributed by atoms with Crippen LogP contribution < -0.4 is 5.73 Å². The van der Waals surface area contributed by atoms with E-state index in [9.17, 15) is 0 Å². The van der Waals surface area contributed by atoms with E-state index in [0.717, 1.165) is 16.8 Å². The lowest BCUT2D eigenvalue weighted by molar-refractivity contribution is 1.52. The van der Waals surface area contributed by atoms with Gasteiger partial charge in [-0.1, -0.05) is 42.5 Å². The van der Waals surface area contributed by atoms with Gasteiger partial charge in [0.05, 0.1) is 11.6 Å². The summed E-state index contributed by atoms with van der Waals surface area (Å²) in [7, 11) is 0. The number of allylic oxidation sites excluding steroid dienone is 1. The number of benzene rings is 2. The average Bonchev–Trinajstić information content (AvgIpc) is 2.39. The Balaban J connectivity index is 2.37. The zero-order valence-electron chi connectivity index (χ0n) is 9.30. The summed E-state index contributed by atoms with van der Waals surface area (Å²) in [6.45, 7) is 0. The van der Waals surface area contributed by atoms with Crippen molar-refractivity contribution in [3.05, 3.63) is 65.7 Å². The molecule has 0 atom stereocenters. The summed E-state index contributed by atoms with van der Waals surface area (Å²) in [6.07, 6.45) is 1.86. The molecule has 2 aromatic carbocycles. The van der Waals surface area contributed by atoms with Crippen molar-refractivity contribution in [1.82, 2.24) is 0 Å². The van der Waals surface area contributed by atoms with Crippen molar-refractivity contribution in [2.45, 2.75) is 0 Å². The molecule has 82 valence electrons. The van der Waals surface area contributed by atoms with Gasteiger partial charge in [0.25, 0.3) is 0 Å². The molecule has 0 saturated carbocycles. The second-order valence-electron chi connectivity index (χ2n) is 3.70. The molecule has 0 aliphatic rings. The molecule has 2 rings (SSSR count). The summed E-state index contributed by atoms with van der Waals surface area (Å²) >= 11 is 0. The minimum Gasteiger partial charge on any atom is -0.399 e. The van der Waals surface area contributed by atoms with E-state index >= 15 is 0 Å². The largest absolute Gasteiger partial charge is 0.399 e. The lowest BCUT2D eigenvalue weighted by Crippen LogP contribution is -1.84. The Bertz CT molecular complexity index is 560. The zero-order valence-corrected chi connectivity index (χ0v) is 9.30. The highest BCUT2D eigenvalue weighted by atomic mass is 14.5. The molecule has 0 amide bonds. The van der Waals surface area contributed by atoms with Crippen molar-refractivity contribution >= 4 is 17.3 Å².